The van der Waals surface area contributed by atoms with E-state index in [1.807, 2.05) is 0 Å². The van der Waals surface area contributed by atoms with Crippen LogP contribution in [-0.4, -0.2) is 26.2 Å². The predicted molar refractivity (Wildman–Crippen MR) is 74.6 cm³/mol. The summed E-state index contributed by atoms with van der Waals surface area (Å²) in [6.07, 6.45) is 2.15. The Morgan fingerprint density at radius 3 is 2.72 bits per heavy atom. The fraction of sp³-hybridized carbons (Fsp3) is 0.583. The fourth-order valence-electron chi connectivity index (χ4n) is 1.47. The smallest absolute Gasteiger partial charge is 0.350 e. The summed E-state index contributed by atoms with van der Waals surface area (Å²) in [5.41, 5.74) is 6.24. The lowest BCUT2D eigenvalue weighted by Crippen LogP contribution is -2.05. The van der Waals surface area contributed by atoms with E-state index < -0.39 is 5.97 Å². The largest absolute Gasteiger partial charge is 0.492 e. The molecule has 0 atom stereocenters. The van der Waals surface area contributed by atoms with Gasteiger partial charge in [0, 0.05) is 6.54 Å². The van der Waals surface area contributed by atoms with Crippen molar-refractivity contribution in [2.75, 3.05) is 31.3 Å². The van der Waals surface area contributed by atoms with Gasteiger partial charge in [0.25, 0.3) is 0 Å². The minimum atomic E-state index is -0.401. The average Bonchev–Trinajstić information content (AvgIpc) is 2.66. The summed E-state index contributed by atoms with van der Waals surface area (Å²) in [5, 5.41) is 4.01. The van der Waals surface area contributed by atoms with Gasteiger partial charge in [0.2, 0.25) is 0 Å². The van der Waals surface area contributed by atoms with E-state index in [1.54, 1.807) is 14.0 Å². The van der Waals surface area contributed by atoms with Gasteiger partial charge in [0.15, 0.2) is 5.75 Å². The Kier molecular flexibility index (Phi) is 5.77. The maximum absolute atomic E-state index is 11.7. The van der Waals surface area contributed by atoms with Gasteiger partial charge in [-0.2, -0.15) is 0 Å². The molecule has 5 nitrogen and oxygen atoms in total. The number of ether oxygens (including phenoxy) is 2. The van der Waals surface area contributed by atoms with Gasteiger partial charge in [-0.15, -0.1) is 11.3 Å². The minimum Gasteiger partial charge on any atom is -0.492 e. The SMILES string of the molecule is CCCCNc1sc(C(=O)OCC)c(N)c1OC. The number of anilines is 2. The van der Waals surface area contributed by atoms with Gasteiger partial charge < -0.3 is 20.5 Å². The highest BCUT2D eigenvalue weighted by molar-refractivity contribution is 7.19. The zero-order chi connectivity index (χ0) is 13.5. The average molecular weight is 272 g/mol. The van der Waals surface area contributed by atoms with Crippen LogP contribution in [0, 0.1) is 0 Å². The fourth-order valence-corrected chi connectivity index (χ4v) is 2.48. The second-order valence-corrected chi connectivity index (χ2v) is 4.73. The lowest BCUT2D eigenvalue weighted by Gasteiger charge is -2.05. The third-order valence-electron chi connectivity index (χ3n) is 2.38. The van der Waals surface area contributed by atoms with Crippen molar-refractivity contribution < 1.29 is 14.3 Å². The molecule has 1 heterocycles. The maximum Gasteiger partial charge on any atom is 0.350 e. The van der Waals surface area contributed by atoms with Crippen molar-refractivity contribution in [3.05, 3.63) is 4.88 Å². The first kappa shape index (κ1) is 14.6. The molecule has 18 heavy (non-hydrogen) atoms. The number of nitrogen functional groups attached to an aromatic ring is 1. The third-order valence-corrected chi connectivity index (χ3v) is 3.51. The highest BCUT2D eigenvalue weighted by Gasteiger charge is 2.22. The predicted octanol–water partition coefficient (Wildman–Crippen LogP) is 2.73. The van der Waals surface area contributed by atoms with Crippen LogP contribution in [0.15, 0.2) is 0 Å². The summed E-state index contributed by atoms with van der Waals surface area (Å²) in [6.45, 7) is 5.04. The number of esters is 1. The van der Waals surface area contributed by atoms with Crippen LogP contribution in [0.3, 0.4) is 0 Å². The van der Waals surface area contributed by atoms with Gasteiger partial charge in [-0.05, 0) is 13.3 Å². The quantitative estimate of drug-likeness (QED) is 0.589. The molecule has 0 aromatic carbocycles. The first-order valence-corrected chi connectivity index (χ1v) is 6.84. The Labute approximate surface area is 111 Å². The van der Waals surface area contributed by atoms with Crippen LogP contribution in [0.2, 0.25) is 0 Å². The summed E-state index contributed by atoms with van der Waals surface area (Å²) in [7, 11) is 1.54. The monoisotopic (exact) mass is 272 g/mol. The summed E-state index contributed by atoms with van der Waals surface area (Å²) >= 11 is 1.27. The molecule has 1 rings (SSSR count). The Bertz CT molecular complexity index is 404. The zero-order valence-electron chi connectivity index (χ0n) is 11.0. The molecule has 1 aromatic heterocycles. The van der Waals surface area contributed by atoms with E-state index in [0.29, 0.717) is 22.9 Å². The van der Waals surface area contributed by atoms with Crippen molar-refractivity contribution in [3.63, 3.8) is 0 Å². The molecule has 0 saturated heterocycles. The molecule has 0 spiro atoms. The number of methoxy groups -OCH3 is 1. The van der Waals surface area contributed by atoms with Crippen LogP contribution in [0.4, 0.5) is 10.7 Å². The Hall–Kier alpha value is -1.43. The summed E-state index contributed by atoms with van der Waals surface area (Å²) in [6, 6.07) is 0. The van der Waals surface area contributed by atoms with Crippen LogP contribution < -0.4 is 15.8 Å². The molecule has 0 radical (unpaired) electrons. The number of nitrogens with two attached hydrogens (primary N) is 1. The van der Waals surface area contributed by atoms with Gasteiger partial charge in [0.1, 0.15) is 15.6 Å². The minimum absolute atomic E-state index is 0.330. The van der Waals surface area contributed by atoms with Crippen LogP contribution in [0.5, 0.6) is 5.75 Å². The zero-order valence-corrected chi connectivity index (χ0v) is 11.9. The molecule has 0 aliphatic heterocycles. The number of carbonyl (C=O) groups is 1. The molecule has 0 bridgehead atoms. The first-order valence-electron chi connectivity index (χ1n) is 6.02. The lowest BCUT2D eigenvalue weighted by molar-refractivity contribution is 0.0533. The molecule has 0 amide bonds. The second-order valence-electron chi connectivity index (χ2n) is 3.71. The van der Waals surface area contributed by atoms with Crippen LogP contribution in [0.1, 0.15) is 36.4 Å². The number of nitrogens with one attached hydrogen (secondary N) is 1. The number of carbonyl (C=O) groups excluding carboxylic acids is 1. The third kappa shape index (κ3) is 3.29. The molecular weight excluding hydrogens is 252 g/mol. The molecular formula is C12H20N2O3S. The number of thiophene rings is 1. The lowest BCUT2D eigenvalue weighted by atomic mass is 10.3. The van der Waals surface area contributed by atoms with Gasteiger partial charge in [-0.3, -0.25) is 0 Å². The van der Waals surface area contributed by atoms with E-state index >= 15 is 0 Å². The molecule has 0 unspecified atom stereocenters. The van der Waals surface area contributed by atoms with Gasteiger partial charge >= 0.3 is 5.97 Å². The van der Waals surface area contributed by atoms with Crippen molar-refractivity contribution >= 4 is 28.0 Å². The van der Waals surface area contributed by atoms with Crippen molar-refractivity contribution in [3.8, 4) is 5.75 Å². The van der Waals surface area contributed by atoms with E-state index in [2.05, 4.69) is 12.2 Å². The number of hydrogen-bond acceptors (Lipinski definition) is 6. The highest BCUT2D eigenvalue weighted by Crippen LogP contribution is 2.42. The molecule has 0 aliphatic rings. The standard InChI is InChI=1S/C12H20N2O3S/c1-4-6-7-14-11-9(16-3)8(13)10(18-11)12(15)17-5-2/h14H,4-7,13H2,1-3H3. The van der Waals surface area contributed by atoms with Gasteiger partial charge in [-0.25, -0.2) is 4.79 Å². The maximum atomic E-state index is 11.7. The molecule has 102 valence electrons. The van der Waals surface area contributed by atoms with E-state index in [0.717, 1.165) is 24.4 Å². The first-order chi connectivity index (χ1) is 8.65. The van der Waals surface area contributed by atoms with Crippen LogP contribution >= 0.6 is 11.3 Å². The van der Waals surface area contributed by atoms with Crippen molar-refractivity contribution in [2.45, 2.75) is 26.7 Å². The van der Waals surface area contributed by atoms with Crippen molar-refractivity contribution in [1.29, 1.82) is 0 Å². The topological polar surface area (TPSA) is 73.6 Å². The van der Waals surface area contributed by atoms with Crippen molar-refractivity contribution in [1.82, 2.24) is 0 Å². The number of rotatable bonds is 7. The summed E-state index contributed by atoms with van der Waals surface area (Å²) < 4.78 is 10.2. The molecule has 6 heteroatoms. The van der Waals surface area contributed by atoms with E-state index in [9.17, 15) is 4.79 Å². The molecule has 1 aromatic rings. The Morgan fingerprint density at radius 1 is 1.44 bits per heavy atom. The number of hydrogen-bond donors (Lipinski definition) is 2. The van der Waals surface area contributed by atoms with Gasteiger partial charge in [0.05, 0.1) is 13.7 Å². The van der Waals surface area contributed by atoms with Crippen molar-refractivity contribution in [2.24, 2.45) is 0 Å². The Morgan fingerprint density at radius 2 is 2.17 bits per heavy atom. The van der Waals surface area contributed by atoms with E-state index in [-0.39, 0.29) is 0 Å². The normalized spacial score (nSPS) is 10.2. The van der Waals surface area contributed by atoms with Crippen LogP contribution in [0.25, 0.3) is 0 Å². The molecule has 0 fully saturated rings. The second kappa shape index (κ2) is 7.10. The number of unbranched alkanes of at least 4 members (excludes halogenated alkanes) is 1. The summed E-state index contributed by atoms with van der Waals surface area (Å²) in [4.78, 5) is 12.1. The highest BCUT2D eigenvalue weighted by atomic mass is 32.1. The van der Waals surface area contributed by atoms with E-state index in [1.165, 1.54) is 11.3 Å². The Balaban J connectivity index is 2.90. The molecule has 0 aliphatic carbocycles. The molecule has 0 saturated carbocycles. The van der Waals surface area contributed by atoms with E-state index in [4.69, 9.17) is 15.2 Å². The van der Waals surface area contributed by atoms with Gasteiger partial charge in [-0.1, -0.05) is 13.3 Å². The van der Waals surface area contributed by atoms with Crippen LogP contribution in [-0.2, 0) is 4.74 Å². The molecule has 3 N–H and O–H groups in total. The summed E-state index contributed by atoms with van der Waals surface area (Å²) in [5.74, 6) is 0.126.